The highest BCUT2D eigenvalue weighted by atomic mass is 79.9. The largest absolute Gasteiger partial charge is 0.543 e. The van der Waals surface area contributed by atoms with Gasteiger partial charge in [0.1, 0.15) is 5.75 Å². The highest BCUT2D eigenvalue weighted by molar-refractivity contribution is 9.10. The summed E-state index contributed by atoms with van der Waals surface area (Å²) in [7, 11) is -2.02. The molecule has 2 aromatic rings. The van der Waals surface area contributed by atoms with Crippen LogP contribution in [0.4, 0.5) is 0 Å². The Morgan fingerprint density at radius 3 is 2.19 bits per heavy atom. The van der Waals surface area contributed by atoms with Crippen LogP contribution in [0.2, 0.25) is 18.1 Å². The van der Waals surface area contributed by atoms with E-state index in [1.807, 2.05) is 40.7 Å². The van der Waals surface area contributed by atoms with E-state index in [1.54, 1.807) is 0 Å². The minimum absolute atomic E-state index is 0.302. The molecule has 0 heterocycles. The summed E-state index contributed by atoms with van der Waals surface area (Å²) in [6.07, 6.45) is -0.847. The van der Waals surface area contributed by atoms with E-state index in [9.17, 15) is 4.79 Å². The molecule has 0 radical (unpaired) electrons. The molecule has 2 aromatic carbocycles. The third-order valence-electron chi connectivity index (χ3n) is 5.79. The van der Waals surface area contributed by atoms with Crippen LogP contribution in [-0.2, 0) is 14.3 Å². The smallest absolute Gasteiger partial charge is 0.340 e. The van der Waals surface area contributed by atoms with Crippen LogP contribution in [0.15, 0.2) is 28.7 Å². The molecule has 1 atom stereocenters. The van der Waals surface area contributed by atoms with E-state index in [1.165, 1.54) is 0 Å². The van der Waals surface area contributed by atoms with Gasteiger partial charge in [-0.3, -0.25) is 0 Å². The number of hydrogen-bond donors (Lipinski definition) is 0. The molecule has 0 saturated heterocycles. The fourth-order valence-corrected chi connectivity index (χ4v) is 6.87. The first-order valence-corrected chi connectivity index (χ1v) is 14.6. The van der Waals surface area contributed by atoms with E-state index in [4.69, 9.17) is 13.9 Å². The Labute approximate surface area is 196 Å². The topological polar surface area (TPSA) is 44.8 Å². The zero-order chi connectivity index (χ0) is 23.4. The standard InChI is InChI=1S/C25H37BrO4Si/c1-9-28-24(27)23(29-25(6,7)8)21-17(5)15-18-16-19(26)13-14-20(18)22(21)30-31(10-2,11-3)12-4/h13-16,23H,9-12H2,1-8H3/t23-/m0/s1. The van der Waals surface area contributed by atoms with Crippen LogP contribution in [0.1, 0.15) is 65.7 Å². The van der Waals surface area contributed by atoms with Crippen molar-refractivity contribution in [3.05, 3.63) is 39.9 Å². The normalized spacial score (nSPS) is 13.3. The number of fused-ring (bicyclic) bond motifs is 1. The van der Waals surface area contributed by atoms with Crippen molar-refractivity contribution in [1.29, 1.82) is 0 Å². The maximum absolute atomic E-state index is 13.1. The third-order valence-corrected chi connectivity index (χ3v) is 10.8. The fourth-order valence-electron chi connectivity index (χ4n) is 3.91. The molecular formula is C25H37BrO4Si. The summed E-state index contributed by atoms with van der Waals surface area (Å²) in [5.41, 5.74) is 1.23. The average Bonchev–Trinajstić information content (AvgIpc) is 2.69. The predicted octanol–water partition coefficient (Wildman–Crippen LogP) is 7.71. The molecule has 0 unspecified atom stereocenters. The maximum atomic E-state index is 13.1. The molecule has 172 valence electrons. The zero-order valence-corrected chi connectivity index (χ0v) is 22.8. The van der Waals surface area contributed by atoms with Crippen LogP contribution in [0, 0.1) is 6.92 Å². The van der Waals surface area contributed by atoms with Gasteiger partial charge in [0.05, 0.1) is 12.2 Å². The number of rotatable bonds is 9. The minimum atomic E-state index is -2.02. The van der Waals surface area contributed by atoms with Gasteiger partial charge < -0.3 is 13.9 Å². The Kier molecular flexibility index (Phi) is 8.76. The van der Waals surface area contributed by atoms with Crippen molar-refractivity contribution < 1.29 is 18.7 Å². The highest BCUT2D eigenvalue weighted by Gasteiger charge is 2.37. The Bertz CT molecular complexity index is 908. The lowest BCUT2D eigenvalue weighted by molar-refractivity contribution is -0.167. The first-order chi connectivity index (χ1) is 14.5. The molecule has 0 aliphatic rings. The number of carbonyl (C=O) groups is 1. The molecule has 2 rings (SSSR count). The second-order valence-corrected chi connectivity index (χ2v) is 14.6. The molecule has 0 aliphatic heterocycles. The van der Waals surface area contributed by atoms with E-state index in [2.05, 4.69) is 54.9 Å². The van der Waals surface area contributed by atoms with E-state index in [0.717, 1.165) is 50.3 Å². The summed E-state index contributed by atoms with van der Waals surface area (Å²) in [4.78, 5) is 13.1. The van der Waals surface area contributed by atoms with Gasteiger partial charge in [-0.05, 0) is 81.9 Å². The minimum Gasteiger partial charge on any atom is -0.543 e. The van der Waals surface area contributed by atoms with E-state index >= 15 is 0 Å². The fraction of sp³-hybridized carbons (Fsp3) is 0.560. The summed E-state index contributed by atoms with van der Waals surface area (Å²) in [5, 5.41) is 2.08. The molecular weight excluding hydrogens is 472 g/mol. The number of ether oxygens (including phenoxy) is 2. The van der Waals surface area contributed by atoms with Gasteiger partial charge in [0.15, 0.2) is 6.10 Å². The summed E-state index contributed by atoms with van der Waals surface area (Å²) in [6, 6.07) is 11.3. The van der Waals surface area contributed by atoms with E-state index < -0.39 is 20.0 Å². The van der Waals surface area contributed by atoms with Gasteiger partial charge in [-0.2, -0.15) is 0 Å². The van der Waals surface area contributed by atoms with Crippen molar-refractivity contribution in [3.8, 4) is 5.75 Å². The van der Waals surface area contributed by atoms with Crippen LogP contribution < -0.4 is 4.43 Å². The van der Waals surface area contributed by atoms with Gasteiger partial charge in [-0.15, -0.1) is 0 Å². The van der Waals surface area contributed by atoms with Crippen LogP contribution in [0.3, 0.4) is 0 Å². The molecule has 0 saturated carbocycles. The van der Waals surface area contributed by atoms with Crippen LogP contribution >= 0.6 is 15.9 Å². The number of benzene rings is 2. The first kappa shape index (κ1) is 25.9. The quantitative estimate of drug-likeness (QED) is 0.257. The molecule has 0 aliphatic carbocycles. The van der Waals surface area contributed by atoms with Crippen molar-refractivity contribution >= 4 is 41.0 Å². The molecule has 6 heteroatoms. The summed E-state index contributed by atoms with van der Waals surface area (Å²) in [5.74, 6) is 0.403. The number of halogens is 1. The van der Waals surface area contributed by atoms with Crippen molar-refractivity contribution in [3.63, 3.8) is 0 Å². The van der Waals surface area contributed by atoms with Gasteiger partial charge in [0.2, 0.25) is 0 Å². The van der Waals surface area contributed by atoms with Gasteiger partial charge in [0.25, 0.3) is 8.32 Å². The van der Waals surface area contributed by atoms with Crippen molar-refractivity contribution in [2.75, 3.05) is 6.61 Å². The van der Waals surface area contributed by atoms with Gasteiger partial charge in [0, 0.05) is 15.4 Å². The van der Waals surface area contributed by atoms with Crippen molar-refractivity contribution in [2.24, 2.45) is 0 Å². The van der Waals surface area contributed by atoms with Crippen LogP contribution in [0.25, 0.3) is 10.8 Å². The van der Waals surface area contributed by atoms with Gasteiger partial charge in [-0.25, -0.2) is 4.79 Å². The second kappa shape index (κ2) is 10.5. The lowest BCUT2D eigenvalue weighted by atomic mass is 9.96. The molecule has 0 N–H and O–H groups in total. The molecule has 0 aromatic heterocycles. The lowest BCUT2D eigenvalue weighted by Crippen LogP contribution is -2.40. The van der Waals surface area contributed by atoms with E-state index in [-0.39, 0.29) is 5.97 Å². The maximum Gasteiger partial charge on any atom is 0.340 e. The van der Waals surface area contributed by atoms with Crippen LogP contribution in [0.5, 0.6) is 5.75 Å². The molecule has 0 bridgehead atoms. The van der Waals surface area contributed by atoms with Gasteiger partial charge in [-0.1, -0.05) is 42.8 Å². The second-order valence-electron chi connectivity index (χ2n) is 9.01. The molecule has 4 nitrogen and oxygen atoms in total. The molecule has 0 amide bonds. The Morgan fingerprint density at radius 1 is 1.06 bits per heavy atom. The summed E-state index contributed by atoms with van der Waals surface area (Å²) < 4.78 is 19.7. The number of aryl methyl sites for hydroxylation is 1. The van der Waals surface area contributed by atoms with E-state index in [0.29, 0.717) is 6.61 Å². The summed E-state index contributed by atoms with van der Waals surface area (Å²) >= 11 is 3.58. The Morgan fingerprint density at radius 2 is 1.68 bits per heavy atom. The Hall–Kier alpha value is -1.37. The Balaban J connectivity index is 2.85. The van der Waals surface area contributed by atoms with Gasteiger partial charge >= 0.3 is 5.97 Å². The predicted molar refractivity (Wildman–Crippen MR) is 134 cm³/mol. The third kappa shape index (κ3) is 6.11. The molecule has 31 heavy (non-hydrogen) atoms. The number of hydrogen-bond acceptors (Lipinski definition) is 4. The number of carbonyl (C=O) groups excluding carboxylic acids is 1. The van der Waals surface area contributed by atoms with Crippen molar-refractivity contribution in [1.82, 2.24) is 0 Å². The zero-order valence-electron chi connectivity index (χ0n) is 20.2. The van der Waals surface area contributed by atoms with Crippen molar-refractivity contribution in [2.45, 2.75) is 85.2 Å². The first-order valence-electron chi connectivity index (χ1n) is 11.3. The molecule has 0 spiro atoms. The summed E-state index contributed by atoms with van der Waals surface area (Å²) in [6.45, 7) is 16.6. The molecule has 0 fully saturated rings. The van der Waals surface area contributed by atoms with Crippen LogP contribution in [-0.4, -0.2) is 26.5 Å². The SMILES string of the molecule is CCOC(=O)[C@@H](OC(C)(C)C)c1c(C)cc2cc(Br)ccc2c1O[Si](CC)(CC)CC. The highest BCUT2D eigenvalue weighted by Crippen LogP contribution is 2.43. The average molecular weight is 510 g/mol. The monoisotopic (exact) mass is 508 g/mol. The number of esters is 1. The lowest BCUT2D eigenvalue weighted by Gasteiger charge is -2.34.